The van der Waals surface area contributed by atoms with Gasteiger partial charge in [-0.1, -0.05) is 42.3 Å². The van der Waals surface area contributed by atoms with E-state index < -0.39 is 23.8 Å². The van der Waals surface area contributed by atoms with Gasteiger partial charge in [0.1, 0.15) is 29.9 Å². The Morgan fingerprint density at radius 2 is 1.75 bits per heavy atom. The molecule has 0 spiro atoms. The number of aliphatic hydroxyl groups excluding tert-OH is 2. The zero-order chi connectivity index (χ0) is 38.0. The summed E-state index contributed by atoms with van der Waals surface area (Å²) in [5.74, 6) is 0.456. The van der Waals surface area contributed by atoms with E-state index in [1.807, 2.05) is 31.2 Å². The van der Waals surface area contributed by atoms with E-state index in [1.165, 1.54) is 5.56 Å². The van der Waals surface area contributed by atoms with Crippen molar-refractivity contribution < 1.29 is 38.8 Å². The fourth-order valence-electron chi connectivity index (χ4n) is 8.31. The lowest BCUT2D eigenvalue weighted by Crippen LogP contribution is -2.69. The molecule has 10 nitrogen and oxygen atoms in total. The molecule has 0 aromatic heterocycles. The average Bonchev–Trinajstić information content (AvgIpc) is 3.15. The Hall–Kier alpha value is -4.12. The van der Waals surface area contributed by atoms with E-state index in [4.69, 9.17) is 28.9 Å². The fraction of sp³-hybridized carbons (Fsp3) is 0.535. The molecule has 5 rings (SSSR count). The number of oxime groups is 1. The topological polar surface area (TPSA) is 119 Å². The van der Waals surface area contributed by atoms with Crippen LogP contribution in [0.25, 0.3) is 0 Å². The van der Waals surface area contributed by atoms with Crippen molar-refractivity contribution in [3.63, 3.8) is 0 Å². The molecule has 6 atom stereocenters. The van der Waals surface area contributed by atoms with Crippen LogP contribution >= 0.6 is 0 Å². The number of aryl methyl sites for hydroxylation is 2. The number of hydrogen-bond acceptors (Lipinski definition) is 9. The molecule has 0 unspecified atom stereocenters. The monoisotopic (exact) mass is 730 g/mol. The SMILES string of the molecule is C=CCCOC(=O)N(C)[C@H]1CC(=NOCC)C2=C[C@H](CCCCO)[C@@H](CCCCO)[C@@H]3c4cc(Oc5ccc(C)c(C)c5)ccc4O[C@@]1(OCC=C)[C@H]23. The molecule has 3 aliphatic rings. The van der Waals surface area contributed by atoms with Gasteiger partial charge in [-0.15, -0.1) is 13.2 Å². The minimum Gasteiger partial charge on any atom is -0.459 e. The van der Waals surface area contributed by atoms with Gasteiger partial charge in [-0.25, -0.2) is 4.79 Å². The molecule has 53 heavy (non-hydrogen) atoms. The molecule has 1 saturated carbocycles. The number of nitrogens with zero attached hydrogens (tertiary/aromatic N) is 2. The summed E-state index contributed by atoms with van der Waals surface area (Å²) in [5.41, 5.74) is 5.05. The van der Waals surface area contributed by atoms with Crippen molar-refractivity contribution in [3.05, 3.63) is 90.0 Å². The van der Waals surface area contributed by atoms with Gasteiger partial charge in [0.25, 0.3) is 0 Å². The molecule has 2 N–H and O–H groups in total. The summed E-state index contributed by atoms with van der Waals surface area (Å²) in [6.45, 7) is 14.8. The van der Waals surface area contributed by atoms with E-state index in [1.54, 1.807) is 24.1 Å². The van der Waals surface area contributed by atoms with Crippen molar-refractivity contribution in [2.45, 2.75) is 89.9 Å². The van der Waals surface area contributed by atoms with Crippen LogP contribution < -0.4 is 9.47 Å². The van der Waals surface area contributed by atoms with Crippen LogP contribution in [0.3, 0.4) is 0 Å². The molecule has 0 bridgehead atoms. The summed E-state index contributed by atoms with van der Waals surface area (Å²) in [5, 5.41) is 24.3. The molecule has 0 saturated heterocycles. The molecule has 10 heteroatoms. The summed E-state index contributed by atoms with van der Waals surface area (Å²) in [6.07, 6.45) is 10.9. The first-order valence-corrected chi connectivity index (χ1v) is 19.2. The van der Waals surface area contributed by atoms with Crippen LogP contribution in [0.4, 0.5) is 4.79 Å². The molecular formula is C43H58N2O8. The van der Waals surface area contributed by atoms with Gasteiger partial charge in [0.05, 0.1) is 24.8 Å². The highest BCUT2D eigenvalue weighted by Gasteiger charge is 2.65. The number of benzene rings is 2. The second kappa shape index (κ2) is 18.8. The lowest BCUT2D eigenvalue weighted by molar-refractivity contribution is -0.253. The van der Waals surface area contributed by atoms with Gasteiger partial charge in [0.2, 0.25) is 5.79 Å². The van der Waals surface area contributed by atoms with E-state index in [0.29, 0.717) is 43.8 Å². The van der Waals surface area contributed by atoms with Crippen LogP contribution in [-0.2, 0) is 14.3 Å². The normalized spacial score (nSPS) is 25.0. The molecule has 1 amide bonds. The number of unbranched alkanes of at least 4 members (excludes halogenated alkanes) is 2. The highest BCUT2D eigenvalue weighted by molar-refractivity contribution is 6.02. The quantitative estimate of drug-likeness (QED) is 0.0841. The Bertz CT molecular complexity index is 1640. The standard InChI is InChI=1S/C43H58N2O8/c1-7-10-24-49-42(48)45(6)39-28-37(44-51-9-3)35-26-31(15-11-13-21-46)34(16-12-14-22-47)40-36-27-33(52-32-18-17-29(4)30(5)25-32)19-20-38(36)53-43(39,41(35)40)50-23-8-2/h7-8,17-20,25-27,31,34,39-41,46-47H,1-2,9-16,21-24,28H2,3-6H3/t31-,34+,39-,40+,41+,43+/m0/s1. The Labute approximate surface area is 315 Å². The van der Waals surface area contributed by atoms with Crippen LogP contribution in [0.5, 0.6) is 17.2 Å². The van der Waals surface area contributed by atoms with Crippen LogP contribution in [0.2, 0.25) is 0 Å². The smallest absolute Gasteiger partial charge is 0.409 e. The Morgan fingerprint density at radius 3 is 2.45 bits per heavy atom. The maximum Gasteiger partial charge on any atom is 0.409 e. The van der Waals surface area contributed by atoms with Crippen LogP contribution in [0.1, 0.15) is 80.9 Å². The Balaban J connectivity index is 1.73. The van der Waals surface area contributed by atoms with E-state index in [2.05, 4.69) is 45.2 Å². The third-order valence-electron chi connectivity index (χ3n) is 11.0. The molecule has 1 aliphatic heterocycles. The van der Waals surface area contributed by atoms with E-state index >= 15 is 0 Å². The second-order valence-corrected chi connectivity index (χ2v) is 14.3. The third kappa shape index (κ3) is 8.82. The number of aliphatic hydroxyl groups is 2. The first-order chi connectivity index (χ1) is 25.7. The molecular weight excluding hydrogens is 672 g/mol. The number of likely N-dealkylation sites (N-methyl/N-ethyl adjacent to an activating group) is 1. The van der Waals surface area contributed by atoms with Gasteiger partial charge >= 0.3 is 6.09 Å². The number of carbonyl (C=O) groups excluding carboxylic acids is 1. The highest BCUT2D eigenvalue weighted by Crippen LogP contribution is 2.62. The van der Waals surface area contributed by atoms with E-state index in [-0.39, 0.29) is 44.2 Å². The highest BCUT2D eigenvalue weighted by atomic mass is 16.7. The van der Waals surface area contributed by atoms with Gasteiger partial charge in [0, 0.05) is 38.2 Å². The zero-order valence-electron chi connectivity index (χ0n) is 31.9. The van der Waals surface area contributed by atoms with Crippen LogP contribution in [0.15, 0.2) is 78.5 Å². The van der Waals surface area contributed by atoms with Gasteiger partial charge in [-0.05, 0) is 112 Å². The van der Waals surface area contributed by atoms with Crippen LogP contribution in [0, 0.1) is 31.6 Å². The lowest BCUT2D eigenvalue weighted by Gasteiger charge is -2.59. The number of hydrogen-bond donors (Lipinski definition) is 2. The Kier molecular flexibility index (Phi) is 14.2. The Morgan fingerprint density at radius 1 is 1.02 bits per heavy atom. The second-order valence-electron chi connectivity index (χ2n) is 14.3. The van der Waals surface area contributed by atoms with Crippen molar-refractivity contribution >= 4 is 11.8 Å². The van der Waals surface area contributed by atoms with Gasteiger partial charge < -0.3 is 38.9 Å². The molecule has 2 aliphatic carbocycles. The first kappa shape index (κ1) is 40.1. The predicted octanol–water partition coefficient (Wildman–Crippen LogP) is 8.39. The number of ether oxygens (including phenoxy) is 4. The average molecular weight is 731 g/mol. The molecule has 288 valence electrons. The fourth-order valence-corrected chi connectivity index (χ4v) is 8.31. The lowest BCUT2D eigenvalue weighted by atomic mass is 9.55. The number of carbonyl (C=O) groups is 1. The van der Waals surface area contributed by atoms with Crippen molar-refractivity contribution in [2.75, 3.05) is 40.1 Å². The van der Waals surface area contributed by atoms with Crippen molar-refractivity contribution in [3.8, 4) is 17.2 Å². The van der Waals surface area contributed by atoms with Crippen molar-refractivity contribution in [2.24, 2.45) is 22.9 Å². The van der Waals surface area contributed by atoms with Gasteiger partial charge in [-0.3, -0.25) is 0 Å². The molecule has 2 aromatic carbocycles. The number of fused-ring (bicyclic) bond motifs is 2. The largest absolute Gasteiger partial charge is 0.459 e. The van der Waals surface area contributed by atoms with Crippen molar-refractivity contribution in [1.29, 1.82) is 0 Å². The first-order valence-electron chi connectivity index (χ1n) is 19.2. The number of rotatable bonds is 19. The maximum atomic E-state index is 13.7. The molecule has 1 fully saturated rings. The number of amides is 1. The van der Waals surface area contributed by atoms with Crippen molar-refractivity contribution in [1.82, 2.24) is 4.90 Å². The third-order valence-corrected chi connectivity index (χ3v) is 11.0. The maximum absolute atomic E-state index is 13.7. The summed E-state index contributed by atoms with van der Waals surface area (Å²) in [6, 6.07) is 11.4. The summed E-state index contributed by atoms with van der Waals surface area (Å²) in [4.78, 5) is 21.1. The van der Waals surface area contributed by atoms with E-state index in [9.17, 15) is 15.0 Å². The molecule has 1 heterocycles. The number of allylic oxidation sites excluding steroid dienone is 1. The minimum absolute atomic E-state index is 0.108. The summed E-state index contributed by atoms with van der Waals surface area (Å²) >= 11 is 0. The molecule has 2 aromatic rings. The van der Waals surface area contributed by atoms with Crippen LogP contribution in [-0.4, -0.2) is 78.8 Å². The summed E-state index contributed by atoms with van der Waals surface area (Å²) in [7, 11) is 1.72. The minimum atomic E-state index is -1.34. The zero-order valence-corrected chi connectivity index (χ0v) is 31.9. The van der Waals surface area contributed by atoms with E-state index in [0.717, 1.165) is 53.8 Å². The van der Waals surface area contributed by atoms with Gasteiger partial charge in [0.15, 0.2) is 0 Å². The van der Waals surface area contributed by atoms with Gasteiger partial charge in [-0.2, -0.15) is 0 Å². The predicted molar refractivity (Wildman–Crippen MR) is 206 cm³/mol. The summed E-state index contributed by atoms with van der Waals surface area (Å²) < 4.78 is 26.3. The molecule has 0 radical (unpaired) electrons.